The minimum Gasteiger partial charge on any atom is -0.507 e. The number of phenolic OH excluding ortho intramolecular Hbond substituents is 1. The fraction of sp³-hybridized carbons (Fsp3) is 0.190. The molecule has 0 unspecified atom stereocenters. The molecule has 0 spiro atoms. The predicted molar refractivity (Wildman–Crippen MR) is 99.4 cm³/mol. The molecule has 0 saturated heterocycles. The molecule has 2 aromatic rings. The minimum absolute atomic E-state index is 0.119. The van der Waals surface area contributed by atoms with Gasteiger partial charge in [-0.25, -0.2) is 0 Å². The molecule has 25 heavy (non-hydrogen) atoms. The summed E-state index contributed by atoms with van der Waals surface area (Å²) < 4.78 is 10.2. The number of rotatable bonds is 7. The first kappa shape index (κ1) is 18.3. The maximum Gasteiger partial charge on any atom is 0.310 e. The third kappa shape index (κ3) is 5.84. The van der Waals surface area contributed by atoms with E-state index < -0.39 is 0 Å². The van der Waals surface area contributed by atoms with E-state index >= 15 is 0 Å². The van der Waals surface area contributed by atoms with Gasteiger partial charge in [0.25, 0.3) is 0 Å². The molecule has 0 fully saturated rings. The Hall–Kier alpha value is -3.01. The zero-order valence-electron chi connectivity index (χ0n) is 14.4. The van der Waals surface area contributed by atoms with E-state index in [9.17, 15) is 9.90 Å². The summed E-state index contributed by atoms with van der Waals surface area (Å²) in [6, 6.07) is 14.7. The van der Waals surface area contributed by atoms with Gasteiger partial charge in [-0.15, -0.1) is 0 Å². The van der Waals surface area contributed by atoms with E-state index in [0.29, 0.717) is 17.9 Å². The van der Waals surface area contributed by atoms with E-state index in [0.717, 1.165) is 11.1 Å². The van der Waals surface area contributed by atoms with Crippen LogP contribution in [-0.4, -0.2) is 24.8 Å². The molecule has 4 nitrogen and oxygen atoms in total. The Morgan fingerprint density at radius 3 is 2.60 bits per heavy atom. The zero-order valence-corrected chi connectivity index (χ0v) is 14.4. The fourth-order valence-electron chi connectivity index (χ4n) is 2.28. The lowest BCUT2D eigenvalue weighted by molar-refractivity contribution is -0.142. The number of esters is 1. The van der Waals surface area contributed by atoms with Crippen LogP contribution in [0.5, 0.6) is 11.5 Å². The number of carbonyl (C=O) groups excluding carboxylic acids is 1. The van der Waals surface area contributed by atoms with Gasteiger partial charge >= 0.3 is 5.97 Å². The smallest absolute Gasteiger partial charge is 0.310 e. The van der Waals surface area contributed by atoms with Crippen LogP contribution in [0.1, 0.15) is 24.5 Å². The van der Waals surface area contributed by atoms with Gasteiger partial charge in [0.1, 0.15) is 11.5 Å². The fourth-order valence-corrected chi connectivity index (χ4v) is 2.28. The summed E-state index contributed by atoms with van der Waals surface area (Å²) in [4.78, 5) is 11.9. The second-order valence-corrected chi connectivity index (χ2v) is 5.37. The second-order valence-electron chi connectivity index (χ2n) is 5.37. The predicted octanol–water partition coefficient (Wildman–Crippen LogP) is 4.45. The van der Waals surface area contributed by atoms with Crippen molar-refractivity contribution in [3.63, 3.8) is 0 Å². The zero-order chi connectivity index (χ0) is 18.1. The monoisotopic (exact) mass is 338 g/mol. The van der Waals surface area contributed by atoms with Gasteiger partial charge in [0.15, 0.2) is 0 Å². The summed E-state index contributed by atoms with van der Waals surface area (Å²) in [6.45, 7) is 2.11. The number of methoxy groups -OCH3 is 1. The van der Waals surface area contributed by atoms with Crippen molar-refractivity contribution in [3.05, 3.63) is 71.3 Å². The van der Waals surface area contributed by atoms with Crippen molar-refractivity contribution in [3.8, 4) is 11.5 Å². The largest absolute Gasteiger partial charge is 0.507 e. The van der Waals surface area contributed by atoms with Gasteiger partial charge in [-0.1, -0.05) is 42.5 Å². The molecule has 0 aliphatic heterocycles. The van der Waals surface area contributed by atoms with E-state index in [1.807, 2.05) is 42.5 Å². The second kappa shape index (κ2) is 9.33. The molecule has 2 aromatic carbocycles. The maximum absolute atomic E-state index is 11.9. The van der Waals surface area contributed by atoms with Crippen LogP contribution in [0.25, 0.3) is 12.2 Å². The summed E-state index contributed by atoms with van der Waals surface area (Å²) in [5.41, 5.74) is 2.33. The topological polar surface area (TPSA) is 55.8 Å². The van der Waals surface area contributed by atoms with Gasteiger partial charge in [0.2, 0.25) is 0 Å². The Balaban J connectivity index is 2.33. The van der Waals surface area contributed by atoms with Crippen molar-refractivity contribution < 1.29 is 19.4 Å². The Bertz CT molecular complexity index is 761. The molecule has 1 N–H and O–H groups in total. The van der Waals surface area contributed by atoms with Crippen LogP contribution in [0.4, 0.5) is 0 Å². The van der Waals surface area contributed by atoms with E-state index in [1.54, 1.807) is 38.3 Å². The van der Waals surface area contributed by atoms with Gasteiger partial charge < -0.3 is 14.6 Å². The molecule has 2 rings (SSSR count). The van der Waals surface area contributed by atoms with Crippen LogP contribution >= 0.6 is 0 Å². The number of allylic oxidation sites excluding steroid dienone is 1. The minimum atomic E-state index is -0.311. The molecule has 130 valence electrons. The molecule has 0 atom stereocenters. The molecule has 0 aromatic heterocycles. The Labute approximate surface area is 148 Å². The Kier molecular flexibility index (Phi) is 6.84. The van der Waals surface area contributed by atoms with Crippen LogP contribution < -0.4 is 4.74 Å². The number of hydrogen-bond acceptors (Lipinski definition) is 4. The summed E-state index contributed by atoms with van der Waals surface area (Å²) in [6.07, 6.45) is 5.65. The van der Waals surface area contributed by atoms with Crippen LogP contribution in [0.3, 0.4) is 0 Å². The number of ether oxygens (including phenoxy) is 2. The van der Waals surface area contributed by atoms with E-state index in [-0.39, 0.29) is 18.1 Å². The molecule has 0 heterocycles. The number of benzene rings is 2. The summed E-state index contributed by atoms with van der Waals surface area (Å²) in [5.74, 6) is 0.440. The molecular formula is C21H22O4. The third-order valence-electron chi connectivity index (χ3n) is 3.52. The first-order valence-electron chi connectivity index (χ1n) is 8.08. The number of aromatic hydroxyl groups is 1. The first-order chi connectivity index (χ1) is 12.1. The van der Waals surface area contributed by atoms with Crippen molar-refractivity contribution in [2.75, 3.05) is 13.7 Å². The van der Waals surface area contributed by atoms with Crippen molar-refractivity contribution in [1.29, 1.82) is 0 Å². The molecular weight excluding hydrogens is 316 g/mol. The molecule has 4 heteroatoms. The average molecular weight is 338 g/mol. The summed E-state index contributed by atoms with van der Waals surface area (Å²) in [7, 11) is 1.56. The molecule has 0 radical (unpaired) electrons. The van der Waals surface area contributed by atoms with Crippen LogP contribution in [0.15, 0.2) is 60.2 Å². The molecule has 0 saturated carbocycles. The van der Waals surface area contributed by atoms with Gasteiger partial charge in [-0.05, 0) is 42.3 Å². The van der Waals surface area contributed by atoms with Gasteiger partial charge in [0, 0.05) is 5.56 Å². The molecule has 0 bridgehead atoms. The van der Waals surface area contributed by atoms with Crippen LogP contribution in [0, 0.1) is 0 Å². The number of phenols is 1. The Morgan fingerprint density at radius 2 is 1.92 bits per heavy atom. The Morgan fingerprint density at radius 1 is 1.16 bits per heavy atom. The van der Waals surface area contributed by atoms with Crippen molar-refractivity contribution in [1.82, 2.24) is 0 Å². The van der Waals surface area contributed by atoms with E-state index in [4.69, 9.17) is 9.47 Å². The average Bonchev–Trinajstić information content (AvgIpc) is 2.62. The highest BCUT2D eigenvalue weighted by Crippen LogP contribution is 2.26. The summed E-state index contributed by atoms with van der Waals surface area (Å²) in [5, 5.41) is 10.1. The van der Waals surface area contributed by atoms with Crippen molar-refractivity contribution in [2.24, 2.45) is 0 Å². The van der Waals surface area contributed by atoms with Gasteiger partial charge in [-0.2, -0.15) is 0 Å². The normalized spacial score (nSPS) is 11.5. The lowest BCUT2D eigenvalue weighted by Crippen LogP contribution is -2.04. The van der Waals surface area contributed by atoms with Crippen molar-refractivity contribution >= 4 is 18.1 Å². The molecule has 0 aliphatic carbocycles. The maximum atomic E-state index is 11.9. The highest BCUT2D eigenvalue weighted by atomic mass is 16.5. The number of carbonyl (C=O) groups is 1. The highest BCUT2D eigenvalue weighted by Gasteiger charge is 2.07. The summed E-state index contributed by atoms with van der Waals surface area (Å²) >= 11 is 0. The third-order valence-corrected chi connectivity index (χ3v) is 3.52. The van der Waals surface area contributed by atoms with Crippen LogP contribution in [0.2, 0.25) is 0 Å². The van der Waals surface area contributed by atoms with Crippen molar-refractivity contribution in [2.45, 2.75) is 13.3 Å². The standard InChI is InChI=1S/C21H22O4/c1-3-25-21(23)14-17(10-9-16-7-5-4-6-8-16)13-18-15-19(24-2)11-12-20(18)22/h4-13,15,22H,3,14H2,1-2H3/b10-9+,17-13-. The number of hydrogen-bond donors (Lipinski definition) is 1. The van der Waals surface area contributed by atoms with Crippen LogP contribution in [-0.2, 0) is 9.53 Å². The van der Waals surface area contributed by atoms with Gasteiger partial charge in [-0.3, -0.25) is 4.79 Å². The molecule has 0 aliphatic rings. The highest BCUT2D eigenvalue weighted by molar-refractivity contribution is 5.78. The molecule has 0 amide bonds. The SMILES string of the molecule is CCOC(=O)CC(/C=C/c1ccccc1)=C\c1cc(OC)ccc1O. The van der Waals surface area contributed by atoms with Gasteiger partial charge in [0.05, 0.1) is 20.1 Å². The first-order valence-corrected chi connectivity index (χ1v) is 8.08. The van der Waals surface area contributed by atoms with E-state index in [1.165, 1.54) is 0 Å². The quantitative estimate of drug-likeness (QED) is 0.598. The lowest BCUT2D eigenvalue weighted by Gasteiger charge is -2.07. The van der Waals surface area contributed by atoms with E-state index in [2.05, 4.69) is 0 Å². The lowest BCUT2D eigenvalue weighted by atomic mass is 10.0.